The van der Waals surface area contributed by atoms with E-state index in [1.54, 1.807) is 24.3 Å². The molecule has 0 fully saturated rings. The van der Waals surface area contributed by atoms with E-state index in [2.05, 4.69) is 27.7 Å². The van der Waals surface area contributed by atoms with Gasteiger partial charge in [-0.3, -0.25) is 10.8 Å². The van der Waals surface area contributed by atoms with Crippen LogP contribution in [-0.2, 0) is 0 Å². The van der Waals surface area contributed by atoms with E-state index in [-0.39, 0.29) is 22.5 Å². The summed E-state index contributed by atoms with van der Waals surface area (Å²) in [4.78, 5) is 0. The molecule has 162 valence electrons. The van der Waals surface area contributed by atoms with Gasteiger partial charge in [-0.15, -0.1) is 0 Å². The highest BCUT2D eigenvalue weighted by atomic mass is 16.5. The Kier molecular flexibility index (Phi) is 7.48. The van der Waals surface area contributed by atoms with Crippen molar-refractivity contribution in [3.8, 4) is 11.5 Å². The molecular formula is C24H34N4O2. The Morgan fingerprint density at radius 2 is 1.20 bits per heavy atom. The highest BCUT2D eigenvalue weighted by Gasteiger charge is 2.31. The molecule has 1 atom stereocenters. The highest BCUT2D eigenvalue weighted by molar-refractivity contribution is 5.95. The minimum Gasteiger partial charge on any atom is -0.494 e. The van der Waals surface area contributed by atoms with E-state index in [0.717, 1.165) is 24.3 Å². The summed E-state index contributed by atoms with van der Waals surface area (Å²) in [7, 11) is 0. The van der Waals surface area contributed by atoms with Crippen LogP contribution in [0.2, 0.25) is 0 Å². The van der Waals surface area contributed by atoms with Crippen LogP contribution in [0, 0.1) is 21.6 Å². The molecule has 30 heavy (non-hydrogen) atoms. The minimum absolute atomic E-state index is 0.0487. The van der Waals surface area contributed by atoms with Gasteiger partial charge in [0, 0.05) is 16.5 Å². The van der Waals surface area contributed by atoms with Crippen LogP contribution in [0.1, 0.15) is 51.7 Å². The van der Waals surface area contributed by atoms with E-state index < -0.39 is 0 Å². The Morgan fingerprint density at radius 3 is 1.60 bits per heavy atom. The summed E-state index contributed by atoms with van der Waals surface area (Å²) in [5.41, 5.74) is 12.5. The lowest BCUT2D eigenvalue weighted by Crippen LogP contribution is -2.32. The van der Waals surface area contributed by atoms with Crippen LogP contribution < -0.4 is 20.9 Å². The van der Waals surface area contributed by atoms with Crippen LogP contribution >= 0.6 is 0 Å². The molecule has 6 N–H and O–H groups in total. The Balaban J connectivity index is 1.98. The predicted octanol–water partition coefficient (Wildman–Crippen LogP) is 4.55. The number of amidine groups is 2. The lowest BCUT2D eigenvalue weighted by Gasteiger charge is -2.35. The Bertz CT molecular complexity index is 854. The van der Waals surface area contributed by atoms with E-state index >= 15 is 0 Å². The van der Waals surface area contributed by atoms with Crippen molar-refractivity contribution < 1.29 is 9.47 Å². The maximum Gasteiger partial charge on any atom is 0.122 e. The van der Waals surface area contributed by atoms with Crippen molar-refractivity contribution in [2.75, 3.05) is 13.2 Å². The number of nitrogen functional groups attached to an aromatic ring is 2. The maximum atomic E-state index is 7.49. The molecule has 1 unspecified atom stereocenters. The van der Waals surface area contributed by atoms with E-state index in [0.29, 0.717) is 24.3 Å². The van der Waals surface area contributed by atoms with Gasteiger partial charge in [-0.25, -0.2) is 0 Å². The summed E-state index contributed by atoms with van der Waals surface area (Å²) >= 11 is 0. The summed E-state index contributed by atoms with van der Waals surface area (Å²) in [5, 5.41) is 15.0. The molecular weight excluding hydrogens is 376 g/mol. The largest absolute Gasteiger partial charge is 0.494 e. The van der Waals surface area contributed by atoms with Gasteiger partial charge in [-0.2, -0.15) is 0 Å². The Hall–Kier alpha value is -3.02. The predicted molar refractivity (Wildman–Crippen MR) is 123 cm³/mol. The first-order chi connectivity index (χ1) is 14.0. The quantitative estimate of drug-likeness (QED) is 0.339. The van der Waals surface area contributed by atoms with Crippen molar-refractivity contribution in [3.63, 3.8) is 0 Å². The van der Waals surface area contributed by atoms with Crippen molar-refractivity contribution in [3.05, 3.63) is 59.7 Å². The van der Waals surface area contributed by atoms with E-state index in [1.165, 1.54) is 0 Å². The number of benzene rings is 2. The number of hydrogen-bond donors (Lipinski definition) is 4. The third kappa shape index (κ3) is 7.43. The molecule has 0 heterocycles. The SMILES string of the molecule is CC(C)(C)CC(C)(CCOc1ccc(C(=N)N)cc1)COc1ccc(C(=N)N)cc1. The first-order valence-corrected chi connectivity index (χ1v) is 10.1. The molecule has 0 saturated heterocycles. The molecule has 0 bridgehead atoms. The van der Waals surface area contributed by atoms with E-state index in [1.807, 2.05) is 24.3 Å². The smallest absolute Gasteiger partial charge is 0.122 e. The minimum atomic E-state index is -0.0726. The van der Waals surface area contributed by atoms with Crippen LogP contribution in [-0.4, -0.2) is 24.9 Å². The number of nitrogens with two attached hydrogens (primary N) is 2. The van der Waals surface area contributed by atoms with E-state index in [9.17, 15) is 0 Å². The lowest BCUT2D eigenvalue weighted by atomic mass is 9.73. The maximum absolute atomic E-state index is 7.49. The summed E-state index contributed by atoms with van der Waals surface area (Å²) in [5.74, 6) is 1.63. The summed E-state index contributed by atoms with van der Waals surface area (Å²) in [6, 6.07) is 14.6. The van der Waals surface area contributed by atoms with Gasteiger partial charge in [0.05, 0.1) is 13.2 Å². The van der Waals surface area contributed by atoms with Gasteiger partial charge in [0.25, 0.3) is 0 Å². The second-order valence-electron chi connectivity index (χ2n) is 9.31. The zero-order valence-electron chi connectivity index (χ0n) is 18.4. The fourth-order valence-electron chi connectivity index (χ4n) is 3.63. The van der Waals surface area contributed by atoms with Crippen molar-refractivity contribution >= 4 is 11.7 Å². The monoisotopic (exact) mass is 410 g/mol. The highest BCUT2D eigenvalue weighted by Crippen LogP contribution is 2.37. The van der Waals surface area contributed by atoms with Gasteiger partial charge in [0.1, 0.15) is 23.2 Å². The molecule has 0 amide bonds. The molecule has 6 nitrogen and oxygen atoms in total. The molecule has 2 aromatic rings. The Morgan fingerprint density at radius 1 is 0.767 bits per heavy atom. The molecule has 0 saturated carbocycles. The third-order valence-electron chi connectivity index (χ3n) is 4.85. The molecule has 6 heteroatoms. The zero-order chi connectivity index (χ0) is 22.4. The summed E-state index contributed by atoms with van der Waals surface area (Å²) in [6.07, 6.45) is 1.82. The molecule has 0 aliphatic heterocycles. The fraction of sp³-hybridized carbons (Fsp3) is 0.417. The topological polar surface area (TPSA) is 118 Å². The van der Waals surface area contributed by atoms with Gasteiger partial charge >= 0.3 is 0 Å². The van der Waals surface area contributed by atoms with Crippen molar-refractivity contribution in [2.24, 2.45) is 22.3 Å². The molecule has 2 aromatic carbocycles. The van der Waals surface area contributed by atoms with Crippen LogP contribution in [0.25, 0.3) is 0 Å². The molecule has 0 radical (unpaired) electrons. The number of nitrogens with one attached hydrogen (secondary N) is 2. The van der Waals surface area contributed by atoms with Gasteiger partial charge in [-0.05, 0) is 66.8 Å². The van der Waals surface area contributed by atoms with Crippen LogP contribution in [0.4, 0.5) is 0 Å². The standard InChI is InChI=1S/C24H34N4O2/c1-23(2,3)15-24(4,16-30-20-11-7-18(8-12-20)22(27)28)13-14-29-19-9-5-17(6-10-19)21(25)26/h5-12H,13-16H2,1-4H3,(H3,25,26)(H3,27,28). The molecule has 0 aliphatic rings. The van der Waals surface area contributed by atoms with Gasteiger partial charge in [0.2, 0.25) is 0 Å². The first kappa shape index (κ1) is 23.3. The first-order valence-electron chi connectivity index (χ1n) is 10.1. The van der Waals surface area contributed by atoms with Crippen molar-refractivity contribution in [2.45, 2.75) is 40.5 Å². The summed E-state index contributed by atoms with van der Waals surface area (Å²) < 4.78 is 12.0. The van der Waals surface area contributed by atoms with E-state index in [4.69, 9.17) is 31.8 Å². The normalized spacial score (nSPS) is 13.3. The Labute approximate surface area is 179 Å². The molecule has 0 aromatic heterocycles. The van der Waals surface area contributed by atoms with Crippen molar-refractivity contribution in [1.82, 2.24) is 0 Å². The van der Waals surface area contributed by atoms with Crippen LogP contribution in [0.5, 0.6) is 11.5 Å². The van der Waals surface area contributed by atoms with Crippen molar-refractivity contribution in [1.29, 1.82) is 10.8 Å². The fourth-order valence-corrected chi connectivity index (χ4v) is 3.63. The van der Waals surface area contributed by atoms with Gasteiger partial charge < -0.3 is 20.9 Å². The summed E-state index contributed by atoms with van der Waals surface area (Å²) in [6.45, 7) is 10.1. The molecule has 0 aliphatic carbocycles. The van der Waals surface area contributed by atoms with Crippen LogP contribution in [0.3, 0.4) is 0 Å². The lowest BCUT2D eigenvalue weighted by molar-refractivity contribution is 0.0820. The average molecular weight is 411 g/mol. The number of rotatable bonds is 10. The number of hydrogen-bond acceptors (Lipinski definition) is 4. The average Bonchev–Trinajstić information content (AvgIpc) is 2.66. The van der Waals surface area contributed by atoms with Gasteiger partial charge in [-0.1, -0.05) is 27.7 Å². The molecule has 0 spiro atoms. The second kappa shape index (κ2) is 9.65. The van der Waals surface area contributed by atoms with Crippen LogP contribution in [0.15, 0.2) is 48.5 Å². The third-order valence-corrected chi connectivity index (χ3v) is 4.85. The number of ether oxygens (including phenoxy) is 2. The zero-order valence-corrected chi connectivity index (χ0v) is 18.4. The van der Waals surface area contributed by atoms with Gasteiger partial charge in [0.15, 0.2) is 0 Å². The second-order valence-corrected chi connectivity index (χ2v) is 9.31. The molecule has 2 rings (SSSR count).